The van der Waals surface area contributed by atoms with Crippen molar-refractivity contribution in [1.82, 2.24) is 19.9 Å². The number of fused-ring (bicyclic) bond motifs is 1. The maximum absolute atomic E-state index is 13.0. The first-order chi connectivity index (χ1) is 10.8. The quantitative estimate of drug-likeness (QED) is 0.804. The van der Waals surface area contributed by atoms with E-state index in [-0.39, 0.29) is 11.5 Å². The van der Waals surface area contributed by atoms with Gasteiger partial charge >= 0.3 is 6.18 Å². The van der Waals surface area contributed by atoms with Gasteiger partial charge in [-0.2, -0.15) is 13.2 Å². The summed E-state index contributed by atoms with van der Waals surface area (Å²) in [5.41, 5.74) is 2.47. The molecule has 3 aromatic rings. The summed E-state index contributed by atoms with van der Waals surface area (Å²) in [6.45, 7) is 2.39. The number of nitrogens with one attached hydrogen (secondary N) is 1. The molecule has 23 heavy (non-hydrogen) atoms. The molecule has 0 bridgehead atoms. The first-order valence-corrected chi connectivity index (χ1v) is 6.89. The van der Waals surface area contributed by atoms with Gasteiger partial charge in [0, 0.05) is 13.6 Å². The van der Waals surface area contributed by atoms with E-state index in [4.69, 9.17) is 0 Å². The van der Waals surface area contributed by atoms with Crippen LogP contribution in [0.1, 0.15) is 17.0 Å². The molecule has 5 nitrogen and oxygen atoms in total. The molecule has 2 aromatic heterocycles. The fourth-order valence-corrected chi connectivity index (χ4v) is 2.26. The van der Waals surface area contributed by atoms with E-state index in [0.717, 1.165) is 11.1 Å². The molecular weight excluding hydrogens is 307 g/mol. The van der Waals surface area contributed by atoms with Crippen LogP contribution in [-0.4, -0.2) is 27.0 Å². The smallest absolute Gasteiger partial charge is 0.353 e. The van der Waals surface area contributed by atoms with E-state index in [9.17, 15) is 13.2 Å². The van der Waals surface area contributed by atoms with Crippen LogP contribution in [0.5, 0.6) is 0 Å². The molecule has 1 N–H and O–H groups in total. The monoisotopic (exact) mass is 321 g/mol. The number of nitrogens with zero attached hydrogens (tertiary/aromatic N) is 4. The summed E-state index contributed by atoms with van der Waals surface area (Å²) in [4.78, 5) is 15.4. The maximum atomic E-state index is 13.0. The number of halogens is 3. The van der Waals surface area contributed by atoms with E-state index in [1.807, 2.05) is 31.2 Å². The lowest BCUT2D eigenvalue weighted by atomic mass is 10.1. The van der Waals surface area contributed by atoms with Gasteiger partial charge in [-0.3, -0.25) is 0 Å². The Hall–Kier alpha value is -2.64. The maximum Gasteiger partial charge on any atom is 0.451 e. The van der Waals surface area contributed by atoms with Crippen molar-refractivity contribution in [2.75, 3.05) is 11.9 Å². The number of aryl methyl sites for hydroxylation is 1. The van der Waals surface area contributed by atoms with Gasteiger partial charge in [0.1, 0.15) is 5.52 Å². The molecule has 0 fully saturated rings. The third-order valence-electron chi connectivity index (χ3n) is 3.42. The Labute approximate surface area is 130 Å². The van der Waals surface area contributed by atoms with Gasteiger partial charge in [-0.1, -0.05) is 29.8 Å². The fourth-order valence-electron chi connectivity index (χ4n) is 2.26. The predicted molar refractivity (Wildman–Crippen MR) is 80.0 cm³/mol. The highest BCUT2D eigenvalue weighted by atomic mass is 19.4. The molecule has 120 valence electrons. The standard InChI is InChI=1S/C15H14F3N5/c1-9-3-5-10(6-4-9)7-23(2)13-11-12(20-8-19-11)21-14(22-13)15(16,17)18/h3-6,8H,7H2,1-2H3,(H,19,20,21,22). The molecule has 1 aromatic carbocycles. The third kappa shape index (κ3) is 3.10. The van der Waals surface area contributed by atoms with Crippen LogP contribution in [0.4, 0.5) is 19.0 Å². The van der Waals surface area contributed by atoms with E-state index in [0.29, 0.717) is 12.1 Å². The van der Waals surface area contributed by atoms with E-state index in [2.05, 4.69) is 19.9 Å². The molecule has 0 unspecified atom stereocenters. The molecule has 0 saturated heterocycles. The topological polar surface area (TPSA) is 57.7 Å². The second-order valence-corrected chi connectivity index (χ2v) is 5.31. The van der Waals surface area contributed by atoms with Crippen molar-refractivity contribution >= 4 is 17.0 Å². The molecule has 0 amide bonds. The summed E-state index contributed by atoms with van der Waals surface area (Å²) in [5.74, 6) is -1.02. The molecule has 0 aliphatic carbocycles. The minimum absolute atomic E-state index is 0.00178. The molecule has 0 aliphatic rings. The van der Waals surface area contributed by atoms with Gasteiger partial charge in [-0.05, 0) is 12.5 Å². The summed E-state index contributed by atoms with van der Waals surface area (Å²) in [5, 5.41) is 0. The van der Waals surface area contributed by atoms with Gasteiger partial charge in [0.25, 0.3) is 0 Å². The molecule has 2 heterocycles. The lowest BCUT2D eigenvalue weighted by molar-refractivity contribution is -0.144. The average molecular weight is 321 g/mol. The van der Waals surface area contributed by atoms with Crippen molar-refractivity contribution in [2.45, 2.75) is 19.6 Å². The Kier molecular flexibility index (Phi) is 3.67. The van der Waals surface area contributed by atoms with Gasteiger partial charge in [0.05, 0.1) is 6.33 Å². The second-order valence-electron chi connectivity index (χ2n) is 5.31. The van der Waals surface area contributed by atoms with E-state index in [1.165, 1.54) is 6.33 Å². The molecule has 0 spiro atoms. The lowest BCUT2D eigenvalue weighted by Gasteiger charge is -2.19. The van der Waals surface area contributed by atoms with E-state index < -0.39 is 12.0 Å². The number of aromatic nitrogens is 4. The van der Waals surface area contributed by atoms with Gasteiger partial charge in [-0.25, -0.2) is 15.0 Å². The van der Waals surface area contributed by atoms with Crippen LogP contribution in [0.3, 0.4) is 0 Å². The summed E-state index contributed by atoms with van der Waals surface area (Å²) >= 11 is 0. The van der Waals surface area contributed by atoms with E-state index in [1.54, 1.807) is 11.9 Å². The molecular formula is C15H14F3N5. The zero-order valence-electron chi connectivity index (χ0n) is 12.5. The highest BCUT2D eigenvalue weighted by molar-refractivity contribution is 5.83. The zero-order chi connectivity index (χ0) is 16.6. The summed E-state index contributed by atoms with van der Waals surface area (Å²) in [7, 11) is 1.68. The highest BCUT2D eigenvalue weighted by Crippen LogP contribution is 2.30. The SMILES string of the molecule is Cc1ccc(CN(C)c2nc(C(F)(F)F)nc3nc[nH]c23)cc1. The first kappa shape index (κ1) is 15.3. The first-order valence-electron chi connectivity index (χ1n) is 6.89. The largest absolute Gasteiger partial charge is 0.451 e. The van der Waals surface area contributed by atoms with Crippen molar-refractivity contribution in [2.24, 2.45) is 0 Å². The van der Waals surface area contributed by atoms with Crippen LogP contribution >= 0.6 is 0 Å². The van der Waals surface area contributed by atoms with E-state index >= 15 is 0 Å². The Bertz CT molecular complexity index is 823. The average Bonchev–Trinajstić information content (AvgIpc) is 2.96. The molecule has 0 saturated carbocycles. The van der Waals surface area contributed by atoms with Crippen molar-refractivity contribution < 1.29 is 13.2 Å². The molecule has 8 heteroatoms. The Morgan fingerprint density at radius 1 is 1.13 bits per heavy atom. The number of hydrogen-bond donors (Lipinski definition) is 1. The Morgan fingerprint density at radius 3 is 2.48 bits per heavy atom. The number of anilines is 1. The van der Waals surface area contributed by atoms with Crippen LogP contribution < -0.4 is 4.90 Å². The van der Waals surface area contributed by atoms with Crippen LogP contribution in [-0.2, 0) is 12.7 Å². The number of H-pyrrole nitrogens is 1. The van der Waals surface area contributed by atoms with Gasteiger partial charge in [0.2, 0.25) is 5.82 Å². The lowest BCUT2D eigenvalue weighted by Crippen LogP contribution is -2.21. The van der Waals surface area contributed by atoms with Crippen molar-refractivity contribution in [1.29, 1.82) is 0 Å². The Morgan fingerprint density at radius 2 is 1.83 bits per heavy atom. The number of aromatic amines is 1. The minimum atomic E-state index is -4.62. The van der Waals surface area contributed by atoms with Gasteiger partial charge < -0.3 is 9.88 Å². The number of benzene rings is 1. The summed E-state index contributed by atoms with van der Waals surface area (Å²) in [6.07, 6.45) is -3.31. The van der Waals surface area contributed by atoms with Crippen LogP contribution in [0, 0.1) is 6.92 Å². The Balaban J connectivity index is 2.00. The van der Waals surface area contributed by atoms with Crippen LogP contribution in [0.25, 0.3) is 11.2 Å². The highest BCUT2D eigenvalue weighted by Gasteiger charge is 2.36. The van der Waals surface area contributed by atoms with Crippen LogP contribution in [0.2, 0.25) is 0 Å². The molecule has 0 aliphatic heterocycles. The fraction of sp³-hybridized carbons (Fsp3) is 0.267. The van der Waals surface area contributed by atoms with Crippen molar-refractivity contribution in [3.05, 3.63) is 47.5 Å². The number of rotatable bonds is 3. The summed E-state index contributed by atoms with van der Waals surface area (Å²) < 4.78 is 38.9. The van der Waals surface area contributed by atoms with Crippen molar-refractivity contribution in [3.63, 3.8) is 0 Å². The summed E-state index contributed by atoms with van der Waals surface area (Å²) in [6, 6.07) is 7.77. The third-order valence-corrected chi connectivity index (χ3v) is 3.42. The number of alkyl halides is 3. The normalized spacial score (nSPS) is 11.9. The van der Waals surface area contributed by atoms with Gasteiger partial charge in [0.15, 0.2) is 11.5 Å². The van der Waals surface area contributed by atoms with Crippen LogP contribution in [0.15, 0.2) is 30.6 Å². The zero-order valence-corrected chi connectivity index (χ0v) is 12.5. The number of hydrogen-bond acceptors (Lipinski definition) is 4. The minimum Gasteiger partial charge on any atom is -0.353 e. The molecule has 3 rings (SSSR count). The molecule has 0 atom stereocenters. The van der Waals surface area contributed by atoms with Crippen molar-refractivity contribution in [3.8, 4) is 0 Å². The second kappa shape index (κ2) is 5.53. The van der Waals surface area contributed by atoms with Gasteiger partial charge in [-0.15, -0.1) is 0 Å². The molecule has 0 radical (unpaired) electrons. The number of imidazole rings is 1. The predicted octanol–water partition coefficient (Wildman–Crippen LogP) is 3.32.